The second-order valence-corrected chi connectivity index (χ2v) is 6.14. The Labute approximate surface area is 135 Å². The molecule has 0 fully saturated rings. The Morgan fingerprint density at radius 3 is 2.67 bits per heavy atom. The number of nitrogens with zero attached hydrogens (tertiary/aromatic N) is 1. The van der Waals surface area contributed by atoms with Gasteiger partial charge in [-0.05, 0) is 48.8 Å². The molecule has 4 nitrogen and oxygen atoms in total. The molecule has 0 bridgehead atoms. The van der Waals surface area contributed by atoms with Gasteiger partial charge < -0.3 is 9.30 Å². The molecule has 1 heterocycles. The molecule has 0 amide bonds. The highest BCUT2D eigenvalue weighted by molar-refractivity contribution is 9.10. The molecule has 0 aliphatic carbocycles. The number of fused-ring (bicyclic) bond motifs is 1. The van der Waals surface area contributed by atoms with Crippen LogP contribution in [0.3, 0.4) is 0 Å². The van der Waals surface area contributed by atoms with E-state index in [4.69, 9.17) is 16.3 Å². The summed E-state index contributed by atoms with van der Waals surface area (Å²) in [6, 6.07) is 3.43. The predicted octanol–water partition coefficient (Wildman–Crippen LogP) is 4.18. The molecule has 112 valence electrons. The van der Waals surface area contributed by atoms with Crippen LogP contribution in [0.25, 0.3) is 10.9 Å². The van der Waals surface area contributed by atoms with Gasteiger partial charge in [0.25, 0.3) is 0 Å². The quantitative estimate of drug-likeness (QED) is 0.760. The van der Waals surface area contributed by atoms with Gasteiger partial charge >= 0.3 is 5.97 Å². The number of carbonyl (C=O) groups is 1. The number of aromatic nitrogens is 1. The number of carbonyl (C=O) groups excluding carboxylic acids is 1. The average Bonchev–Trinajstić information content (AvgIpc) is 2.41. The van der Waals surface area contributed by atoms with Gasteiger partial charge in [-0.1, -0.05) is 11.6 Å². The van der Waals surface area contributed by atoms with Crippen molar-refractivity contribution in [2.45, 2.75) is 26.8 Å². The fourth-order valence-corrected chi connectivity index (χ4v) is 2.63. The van der Waals surface area contributed by atoms with Gasteiger partial charge in [0.2, 0.25) is 5.43 Å². The number of benzene rings is 1. The first-order valence-electron chi connectivity index (χ1n) is 6.57. The van der Waals surface area contributed by atoms with E-state index in [1.165, 1.54) is 6.20 Å². The summed E-state index contributed by atoms with van der Waals surface area (Å²) in [6.07, 6.45) is 1.54. The third-order valence-corrected chi connectivity index (χ3v) is 4.32. The molecule has 6 heteroatoms. The van der Waals surface area contributed by atoms with Crippen LogP contribution in [0.2, 0.25) is 5.02 Å². The molecule has 2 aromatic rings. The van der Waals surface area contributed by atoms with E-state index >= 15 is 0 Å². The lowest BCUT2D eigenvalue weighted by molar-refractivity contribution is 0.0524. The molecule has 0 saturated heterocycles. The molecule has 21 heavy (non-hydrogen) atoms. The van der Waals surface area contributed by atoms with E-state index in [-0.39, 0.29) is 23.6 Å². The first kappa shape index (κ1) is 16.0. The largest absolute Gasteiger partial charge is 0.462 e. The predicted molar refractivity (Wildman–Crippen MR) is 87.3 cm³/mol. The zero-order valence-corrected chi connectivity index (χ0v) is 14.3. The fourth-order valence-electron chi connectivity index (χ4n) is 2.13. The summed E-state index contributed by atoms with van der Waals surface area (Å²) in [5.74, 6) is -0.607. The van der Waals surface area contributed by atoms with Gasteiger partial charge in [-0.15, -0.1) is 0 Å². The van der Waals surface area contributed by atoms with Crippen molar-refractivity contribution in [2.24, 2.45) is 0 Å². The number of rotatable bonds is 3. The molecule has 2 rings (SSSR count). The molecule has 0 atom stereocenters. The van der Waals surface area contributed by atoms with E-state index in [1.807, 2.05) is 18.4 Å². The van der Waals surface area contributed by atoms with Crippen LogP contribution in [0.15, 0.2) is 27.6 Å². The van der Waals surface area contributed by atoms with Crippen LogP contribution in [0, 0.1) is 0 Å². The van der Waals surface area contributed by atoms with Gasteiger partial charge in [-0.3, -0.25) is 4.79 Å². The molecule has 0 aliphatic rings. The molecule has 0 unspecified atom stereocenters. The standard InChI is InChI=1S/C15H15BrClNO3/c1-4-21-15(20)10-7-18(8(2)3)13-6-12(17)11(16)5-9(13)14(10)19/h5-8H,4H2,1-3H3. The van der Waals surface area contributed by atoms with E-state index in [0.29, 0.717) is 20.4 Å². The number of esters is 1. The van der Waals surface area contributed by atoms with E-state index < -0.39 is 5.97 Å². The summed E-state index contributed by atoms with van der Waals surface area (Å²) in [4.78, 5) is 24.5. The minimum Gasteiger partial charge on any atom is -0.462 e. The molecular formula is C15H15BrClNO3. The molecule has 0 radical (unpaired) electrons. The van der Waals surface area contributed by atoms with Crippen LogP contribution >= 0.6 is 27.5 Å². The Morgan fingerprint density at radius 2 is 2.10 bits per heavy atom. The summed E-state index contributed by atoms with van der Waals surface area (Å²) in [5.41, 5.74) is 0.376. The Bertz CT molecular complexity index is 768. The van der Waals surface area contributed by atoms with E-state index in [2.05, 4.69) is 15.9 Å². The fraction of sp³-hybridized carbons (Fsp3) is 0.333. The Kier molecular flexibility index (Phi) is 4.74. The highest BCUT2D eigenvalue weighted by Gasteiger charge is 2.18. The number of pyridine rings is 1. The topological polar surface area (TPSA) is 48.3 Å². The third kappa shape index (κ3) is 2.99. The monoisotopic (exact) mass is 371 g/mol. The summed E-state index contributed by atoms with van der Waals surface area (Å²) in [5, 5.41) is 0.950. The number of ether oxygens (including phenoxy) is 1. The highest BCUT2D eigenvalue weighted by atomic mass is 79.9. The first-order chi connectivity index (χ1) is 9.86. The zero-order chi connectivity index (χ0) is 15.7. The number of hydrogen-bond donors (Lipinski definition) is 0. The van der Waals surface area contributed by atoms with Crippen molar-refractivity contribution >= 4 is 44.4 Å². The van der Waals surface area contributed by atoms with E-state index in [0.717, 1.165) is 0 Å². The molecule has 0 N–H and O–H groups in total. The second-order valence-electron chi connectivity index (χ2n) is 4.88. The SMILES string of the molecule is CCOC(=O)c1cn(C(C)C)c2cc(Cl)c(Br)cc2c1=O. The molecular weight excluding hydrogens is 358 g/mol. The molecule has 0 saturated carbocycles. The van der Waals surface area contributed by atoms with Gasteiger partial charge in [0.05, 0.1) is 17.1 Å². The summed E-state index contributed by atoms with van der Waals surface area (Å²) >= 11 is 9.42. The number of halogens is 2. The second kappa shape index (κ2) is 6.20. The first-order valence-corrected chi connectivity index (χ1v) is 7.75. The molecule has 0 aliphatic heterocycles. The van der Waals surface area contributed by atoms with Gasteiger partial charge in [-0.25, -0.2) is 4.79 Å². The smallest absolute Gasteiger partial charge is 0.343 e. The lowest BCUT2D eigenvalue weighted by Crippen LogP contribution is -2.21. The van der Waals surface area contributed by atoms with Crippen molar-refractivity contribution in [2.75, 3.05) is 6.61 Å². The van der Waals surface area contributed by atoms with Gasteiger partial charge in [0, 0.05) is 22.1 Å². The minimum atomic E-state index is -0.607. The molecule has 0 spiro atoms. The van der Waals surface area contributed by atoms with Crippen molar-refractivity contribution in [3.8, 4) is 0 Å². The van der Waals surface area contributed by atoms with Crippen LogP contribution in [-0.4, -0.2) is 17.1 Å². The van der Waals surface area contributed by atoms with Crippen molar-refractivity contribution in [3.05, 3.63) is 43.6 Å². The van der Waals surface area contributed by atoms with Gasteiger partial charge in [0.15, 0.2) is 0 Å². The lowest BCUT2D eigenvalue weighted by Gasteiger charge is -2.17. The van der Waals surface area contributed by atoms with E-state index in [9.17, 15) is 9.59 Å². The Morgan fingerprint density at radius 1 is 1.43 bits per heavy atom. The maximum atomic E-state index is 12.5. The van der Waals surface area contributed by atoms with Gasteiger partial charge in [0.1, 0.15) is 5.56 Å². The zero-order valence-electron chi connectivity index (χ0n) is 11.9. The van der Waals surface area contributed by atoms with Gasteiger partial charge in [-0.2, -0.15) is 0 Å². The van der Waals surface area contributed by atoms with Crippen LogP contribution in [0.5, 0.6) is 0 Å². The number of hydrogen-bond acceptors (Lipinski definition) is 3. The Balaban J connectivity index is 2.86. The van der Waals surface area contributed by atoms with Crippen LogP contribution in [0.4, 0.5) is 0 Å². The molecule has 1 aromatic heterocycles. The maximum absolute atomic E-state index is 12.5. The van der Waals surface area contributed by atoms with Crippen LogP contribution in [0.1, 0.15) is 37.2 Å². The maximum Gasteiger partial charge on any atom is 0.343 e. The third-order valence-electron chi connectivity index (χ3n) is 3.13. The van der Waals surface area contributed by atoms with E-state index in [1.54, 1.807) is 19.1 Å². The van der Waals surface area contributed by atoms with Crippen molar-refractivity contribution in [1.82, 2.24) is 4.57 Å². The summed E-state index contributed by atoms with van der Waals surface area (Å²) in [7, 11) is 0. The Hall–Kier alpha value is -1.33. The summed E-state index contributed by atoms with van der Waals surface area (Å²) in [6.45, 7) is 5.86. The molecule has 1 aromatic carbocycles. The highest BCUT2D eigenvalue weighted by Crippen LogP contribution is 2.28. The lowest BCUT2D eigenvalue weighted by atomic mass is 10.1. The summed E-state index contributed by atoms with van der Waals surface area (Å²) < 4.78 is 7.42. The van der Waals surface area contributed by atoms with Crippen LogP contribution in [-0.2, 0) is 4.74 Å². The minimum absolute atomic E-state index is 0.0345. The van der Waals surface area contributed by atoms with Crippen molar-refractivity contribution < 1.29 is 9.53 Å². The average molecular weight is 373 g/mol. The van der Waals surface area contributed by atoms with Crippen molar-refractivity contribution in [1.29, 1.82) is 0 Å². The van der Waals surface area contributed by atoms with Crippen molar-refractivity contribution in [3.63, 3.8) is 0 Å². The van der Waals surface area contributed by atoms with Crippen LogP contribution < -0.4 is 5.43 Å². The normalized spacial score (nSPS) is 11.1.